The SMILES string of the molecule is CC(C)n1cnc2cc(C(=O)Nc3ccc(S(C)(=O)=O)cc3)cnc21. The normalized spacial score (nSPS) is 11.8. The summed E-state index contributed by atoms with van der Waals surface area (Å²) in [5.74, 6) is -0.333. The fourth-order valence-corrected chi connectivity index (χ4v) is 3.04. The van der Waals surface area contributed by atoms with Gasteiger partial charge >= 0.3 is 0 Å². The highest BCUT2D eigenvalue weighted by Gasteiger charge is 2.13. The van der Waals surface area contributed by atoms with E-state index in [0.29, 0.717) is 16.8 Å². The van der Waals surface area contributed by atoms with E-state index in [9.17, 15) is 13.2 Å². The first kappa shape index (κ1) is 17.1. The molecule has 25 heavy (non-hydrogen) atoms. The number of fused-ring (bicyclic) bond motifs is 1. The highest BCUT2D eigenvalue weighted by Crippen LogP contribution is 2.18. The van der Waals surface area contributed by atoms with Crippen LogP contribution in [-0.4, -0.2) is 35.1 Å². The van der Waals surface area contributed by atoms with Crippen molar-refractivity contribution in [3.05, 3.63) is 48.4 Å². The van der Waals surface area contributed by atoms with E-state index in [2.05, 4.69) is 15.3 Å². The molecule has 3 rings (SSSR count). The molecule has 1 N–H and O–H groups in total. The molecule has 0 aliphatic rings. The summed E-state index contributed by atoms with van der Waals surface area (Å²) in [5, 5.41) is 2.72. The van der Waals surface area contributed by atoms with E-state index in [1.807, 2.05) is 18.4 Å². The second-order valence-electron chi connectivity index (χ2n) is 6.06. The average molecular weight is 358 g/mol. The van der Waals surface area contributed by atoms with Gasteiger partial charge in [0.25, 0.3) is 5.91 Å². The Morgan fingerprint density at radius 3 is 2.44 bits per heavy atom. The summed E-state index contributed by atoms with van der Waals surface area (Å²) in [6.45, 7) is 4.06. The molecule has 0 aliphatic carbocycles. The zero-order chi connectivity index (χ0) is 18.2. The standard InChI is InChI=1S/C17H18N4O3S/c1-11(2)21-10-19-15-8-12(9-18-16(15)21)17(22)20-13-4-6-14(7-5-13)25(3,23)24/h4-11H,1-3H3,(H,20,22). The molecule has 2 heterocycles. The first-order chi connectivity index (χ1) is 11.8. The molecule has 0 atom stereocenters. The Morgan fingerprint density at radius 1 is 1.16 bits per heavy atom. The minimum Gasteiger partial charge on any atom is -0.322 e. The molecule has 0 bridgehead atoms. The van der Waals surface area contributed by atoms with Gasteiger partial charge in [-0.25, -0.2) is 18.4 Å². The molecule has 0 spiro atoms. The number of anilines is 1. The van der Waals surface area contributed by atoms with Crippen LogP contribution in [0.3, 0.4) is 0 Å². The highest BCUT2D eigenvalue weighted by molar-refractivity contribution is 7.90. The maximum absolute atomic E-state index is 12.4. The molecule has 0 unspecified atom stereocenters. The smallest absolute Gasteiger partial charge is 0.257 e. The zero-order valence-electron chi connectivity index (χ0n) is 14.1. The number of rotatable bonds is 4. The van der Waals surface area contributed by atoms with Crippen LogP contribution >= 0.6 is 0 Å². The Labute approximate surface area is 145 Å². The molecule has 1 aromatic carbocycles. The number of hydrogen-bond donors (Lipinski definition) is 1. The molecular weight excluding hydrogens is 340 g/mol. The van der Waals surface area contributed by atoms with Gasteiger partial charge in [0.2, 0.25) is 0 Å². The van der Waals surface area contributed by atoms with Gasteiger partial charge in [-0.1, -0.05) is 0 Å². The number of carbonyl (C=O) groups excluding carboxylic acids is 1. The summed E-state index contributed by atoms with van der Waals surface area (Å²) in [7, 11) is -3.26. The van der Waals surface area contributed by atoms with Gasteiger partial charge < -0.3 is 9.88 Å². The van der Waals surface area contributed by atoms with Crippen LogP contribution in [-0.2, 0) is 9.84 Å². The Morgan fingerprint density at radius 2 is 1.84 bits per heavy atom. The third-order valence-electron chi connectivity index (χ3n) is 3.77. The molecule has 7 nitrogen and oxygen atoms in total. The fraction of sp³-hybridized carbons (Fsp3) is 0.235. The Balaban J connectivity index is 1.82. The van der Waals surface area contributed by atoms with E-state index in [-0.39, 0.29) is 16.8 Å². The summed E-state index contributed by atoms with van der Waals surface area (Å²) in [4.78, 5) is 21.2. The van der Waals surface area contributed by atoms with Crippen molar-refractivity contribution in [1.29, 1.82) is 0 Å². The van der Waals surface area contributed by atoms with Gasteiger partial charge in [0.1, 0.15) is 5.52 Å². The number of nitrogens with zero attached hydrogens (tertiary/aromatic N) is 3. The predicted molar refractivity (Wildman–Crippen MR) is 95.4 cm³/mol. The lowest BCUT2D eigenvalue weighted by Crippen LogP contribution is -2.12. The average Bonchev–Trinajstić information content (AvgIpc) is 2.97. The zero-order valence-corrected chi connectivity index (χ0v) is 14.9. The van der Waals surface area contributed by atoms with Crippen molar-refractivity contribution in [2.24, 2.45) is 0 Å². The summed E-state index contributed by atoms with van der Waals surface area (Å²) < 4.78 is 24.8. The molecule has 2 aromatic heterocycles. The molecular formula is C17H18N4O3S. The van der Waals surface area contributed by atoms with E-state index in [0.717, 1.165) is 11.9 Å². The van der Waals surface area contributed by atoms with Crippen molar-refractivity contribution in [2.75, 3.05) is 11.6 Å². The Kier molecular flexibility index (Phi) is 4.30. The Hall–Kier alpha value is -2.74. The third-order valence-corrected chi connectivity index (χ3v) is 4.90. The van der Waals surface area contributed by atoms with Gasteiger partial charge in [0.15, 0.2) is 15.5 Å². The van der Waals surface area contributed by atoms with Crippen molar-refractivity contribution < 1.29 is 13.2 Å². The minimum absolute atomic E-state index is 0.202. The number of carbonyl (C=O) groups is 1. The van der Waals surface area contributed by atoms with Gasteiger partial charge in [-0.3, -0.25) is 4.79 Å². The van der Waals surface area contributed by atoms with Gasteiger partial charge in [0, 0.05) is 24.2 Å². The van der Waals surface area contributed by atoms with Crippen molar-refractivity contribution in [1.82, 2.24) is 14.5 Å². The molecule has 0 fully saturated rings. The minimum atomic E-state index is -3.26. The maximum atomic E-state index is 12.4. The lowest BCUT2D eigenvalue weighted by Gasteiger charge is -2.08. The monoisotopic (exact) mass is 358 g/mol. The van der Waals surface area contributed by atoms with Crippen LogP contribution in [0.25, 0.3) is 11.2 Å². The maximum Gasteiger partial charge on any atom is 0.257 e. The molecule has 0 saturated carbocycles. The Bertz CT molecular complexity index is 1040. The van der Waals surface area contributed by atoms with Crippen LogP contribution in [0.1, 0.15) is 30.2 Å². The lowest BCUT2D eigenvalue weighted by molar-refractivity contribution is 0.102. The van der Waals surface area contributed by atoms with Gasteiger partial charge in [0.05, 0.1) is 16.8 Å². The first-order valence-corrected chi connectivity index (χ1v) is 9.59. The van der Waals surface area contributed by atoms with Crippen molar-refractivity contribution in [3.63, 3.8) is 0 Å². The number of sulfone groups is 1. The third kappa shape index (κ3) is 3.53. The molecule has 1 amide bonds. The second-order valence-corrected chi connectivity index (χ2v) is 8.08. The number of benzene rings is 1. The number of nitrogens with one attached hydrogen (secondary N) is 1. The van der Waals surface area contributed by atoms with E-state index < -0.39 is 9.84 Å². The largest absolute Gasteiger partial charge is 0.322 e. The number of amides is 1. The summed E-state index contributed by atoms with van der Waals surface area (Å²) in [6.07, 6.45) is 4.34. The van der Waals surface area contributed by atoms with Crippen LogP contribution in [0.5, 0.6) is 0 Å². The van der Waals surface area contributed by atoms with Crippen LogP contribution in [0.4, 0.5) is 5.69 Å². The fourth-order valence-electron chi connectivity index (χ4n) is 2.41. The van der Waals surface area contributed by atoms with Gasteiger partial charge in [-0.2, -0.15) is 0 Å². The predicted octanol–water partition coefficient (Wildman–Crippen LogP) is 2.67. The topological polar surface area (TPSA) is 94.0 Å². The molecule has 130 valence electrons. The molecule has 8 heteroatoms. The quantitative estimate of drug-likeness (QED) is 0.774. The molecule has 0 aliphatic heterocycles. The van der Waals surface area contributed by atoms with Crippen LogP contribution in [0.15, 0.2) is 47.8 Å². The molecule has 3 aromatic rings. The number of aromatic nitrogens is 3. The summed E-state index contributed by atoms with van der Waals surface area (Å²) >= 11 is 0. The molecule has 0 radical (unpaired) electrons. The van der Waals surface area contributed by atoms with Crippen molar-refractivity contribution in [3.8, 4) is 0 Å². The van der Waals surface area contributed by atoms with E-state index in [1.165, 1.54) is 18.3 Å². The van der Waals surface area contributed by atoms with Crippen molar-refractivity contribution >= 4 is 32.6 Å². The number of pyridine rings is 1. The summed E-state index contributed by atoms with van der Waals surface area (Å²) in [5.41, 5.74) is 2.26. The highest BCUT2D eigenvalue weighted by atomic mass is 32.2. The first-order valence-electron chi connectivity index (χ1n) is 7.70. The molecule has 0 saturated heterocycles. The van der Waals surface area contributed by atoms with Crippen LogP contribution in [0.2, 0.25) is 0 Å². The van der Waals surface area contributed by atoms with E-state index >= 15 is 0 Å². The van der Waals surface area contributed by atoms with Gasteiger partial charge in [-0.15, -0.1) is 0 Å². The van der Waals surface area contributed by atoms with Crippen LogP contribution < -0.4 is 5.32 Å². The van der Waals surface area contributed by atoms with Crippen LogP contribution in [0, 0.1) is 0 Å². The van der Waals surface area contributed by atoms with Crippen molar-refractivity contribution in [2.45, 2.75) is 24.8 Å². The number of hydrogen-bond acceptors (Lipinski definition) is 5. The number of imidazole rings is 1. The summed E-state index contributed by atoms with van der Waals surface area (Å²) in [6, 6.07) is 7.92. The lowest BCUT2D eigenvalue weighted by atomic mass is 10.2. The van der Waals surface area contributed by atoms with E-state index in [4.69, 9.17) is 0 Å². The van der Waals surface area contributed by atoms with E-state index in [1.54, 1.807) is 24.5 Å². The van der Waals surface area contributed by atoms with Gasteiger partial charge in [-0.05, 0) is 44.2 Å². The second kappa shape index (κ2) is 6.29.